The highest BCUT2D eigenvalue weighted by molar-refractivity contribution is 6.51. The lowest BCUT2D eigenvalue weighted by molar-refractivity contribution is 0.0870. The molecule has 0 rings (SSSR count). The topological polar surface area (TPSA) is 35.2 Å². The maximum Gasteiger partial charge on any atom is 0.177 e. The van der Waals surface area contributed by atoms with E-state index in [1.54, 1.807) is 0 Å². The van der Waals surface area contributed by atoms with E-state index in [0.717, 1.165) is 12.8 Å². The Labute approximate surface area is 116 Å². The van der Waals surface area contributed by atoms with Gasteiger partial charge in [-0.2, -0.15) is 0 Å². The highest BCUT2D eigenvalue weighted by Crippen LogP contribution is 2.23. The predicted octanol–water partition coefficient (Wildman–Crippen LogP) is 4.23. The molecule has 1 unspecified atom stereocenters. The van der Waals surface area contributed by atoms with Gasteiger partial charge in [-0.15, -0.1) is 0 Å². The van der Waals surface area contributed by atoms with Gasteiger partial charge in [-0.25, -0.2) is 0 Å². The van der Waals surface area contributed by atoms with Crippen LogP contribution in [0.15, 0.2) is 0 Å². The molecule has 18 heavy (non-hydrogen) atoms. The second kappa shape index (κ2) is 9.99. The van der Waals surface area contributed by atoms with Crippen LogP contribution < -0.4 is 5.73 Å². The first kappa shape index (κ1) is 18.1. The molecule has 0 saturated heterocycles. The van der Waals surface area contributed by atoms with Crippen LogP contribution in [0.5, 0.6) is 0 Å². The standard InChI is InChI=1S/C15H35NOSi/c1-6-9-11-18(12-10-7-2)17-15(4,5)13-14(16)8-3/h14,18H,6-13,16H2,1-5H3. The van der Waals surface area contributed by atoms with Gasteiger partial charge in [0.2, 0.25) is 0 Å². The molecule has 0 aliphatic carbocycles. The van der Waals surface area contributed by atoms with Crippen molar-refractivity contribution in [2.24, 2.45) is 5.73 Å². The van der Waals surface area contributed by atoms with E-state index in [0.29, 0.717) is 0 Å². The van der Waals surface area contributed by atoms with Crippen LogP contribution in [0.1, 0.15) is 73.1 Å². The number of nitrogens with two attached hydrogens (primary N) is 1. The van der Waals surface area contributed by atoms with Crippen LogP contribution in [0.25, 0.3) is 0 Å². The lowest BCUT2D eigenvalue weighted by Crippen LogP contribution is -2.38. The monoisotopic (exact) mass is 273 g/mol. The summed E-state index contributed by atoms with van der Waals surface area (Å²) in [6, 6.07) is 2.95. The molecule has 0 saturated carbocycles. The van der Waals surface area contributed by atoms with Gasteiger partial charge in [0.15, 0.2) is 9.04 Å². The van der Waals surface area contributed by atoms with Crippen molar-refractivity contribution in [1.29, 1.82) is 0 Å². The Kier molecular flexibility index (Phi) is 10.1. The quantitative estimate of drug-likeness (QED) is 0.572. The summed E-state index contributed by atoms with van der Waals surface area (Å²) in [6.45, 7) is 11.1. The molecule has 0 aliphatic rings. The van der Waals surface area contributed by atoms with Crippen LogP contribution >= 0.6 is 0 Å². The maximum absolute atomic E-state index is 6.47. The third kappa shape index (κ3) is 9.12. The average Bonchev–Trinajstić information content (AvgIpc) is 2.31. The SMILES string of the molecule is CCCC[SiH](CCCC)OC(C)(C)CC(N)CC. The number of unbranched alkanes of at least 4 members (excludes halogenated alkanes) is 2. The van der Waals surface area contributed by atoms with E-state index < -0.39 is 9.04 Å². The molecule has 0 aromatic rings. The Bertz CT molecular complexity index is 189. The zero-order valence-electron chi connectivity index (χ0n) is 13.3. The molecule has 0 aromatic carbocycles. The van der Waals surface area contributed by atoms with Crippen LogP contribution in [0.3, 0.4) is 0 Å². The van der Waals surface area contributed by atoms with E-state index in [4.69, 9.17) is 10.2 Å². The number of rotatable bonds is 11. The molecule has 0 spiro atoms. The van der Waals surface area contributed by atoms with Gasteiger partial charge in [0, 0.05) is 6.04 Å². The molecule has 0 amide bonds. The van der Waals surface area contributed by atoms with Crippen LogP contribution in [-0.4, -0.2) is 20.7 Å². The van der Waals surface area contributed by atoms with Gasteiger partial charge < -0.3 is 10.2 Å². The first-order chi connectivity index (χ1) is 8.45. The fourth-order valence-corrected chi connectivity index (χ4v) is 5.65. The zero-order chi connectivity index (χ0) is 14.0. The van der Waals surface area contributed by atoms with Crippen molar-refractivity contribution in [3.63, 3.8) is 0 Å². The molecule has 0 radical (unpaired) electrons. The van der Waals surface area contributed by atoms with Gasteiger partial charge in [0.1, 0.15) is 0 Å². The van der Waals surface area contributed by atoms with Gasteiger partial charge in [-0.1, -0.05) is 46.5 Å². The molecule has 2 nitrogen and oxygen atoms in total. The Hall–Kier alpha value is 0.137. The largest absolute Gasteiger partial charge is 0.415 e. The molecule has 2 N–H and O–H groups in total. The van der Waals surface area contributed by atoms with Crippen molar-refractivity contribution in [3.05, 3.63) is 0 Å². The number of hydrogen-bond donors (Lipinski definition) is 1. The van der Waals surface area contributed by atoms with E-state index in [1.165, 1.54) is 37.8 Å². The molecule has 0 aromatic heterocycles. The summed E-state index contributed by atoms with van der Waals surface area (Å²) in [5.74, 6) is 0. The van der Waals surface area contributed by atoms with Gasteiger partial charge >= 0.3 is 0 Å². The van der Waals surface area contributed by atoms with Crippen LogP contribution in [0, 0.1) is 0 Å². The molecular weight excluding hydrogens is 238 g/mol. The van der Waals surface area contributed by atoms with Crippen molar-refractivity contribution in [3.8, 4) is 0 Å². The summed E-state index contributed by atoms with van der Waals surface area (Å²) in [6.07, 6.45) is 7.27. The summed E-state index contributed by atoms with van der Waals surface area (Å²) in [5, 5.41) is 0. The van der Waals surface area contributed by atoms with Gasteiger partial charge in [-0.05, 0) is 38.8 Å². The van der Waals surface area contributed by atoms with Crippen LogP contribution in [0.2, 0.25) is 12.1 Å². The molecule has 0 bridgehead atoms. The van der Waals surface area contributed by atoms with Crippen LogP contribution in [-0.2, 0) is 4.43 Å². The van der Waals surface area contributed by atoms with Crippen LogP contribution in [0.4, 0.5) is 0 Å². The second-order valence-corrected chi connectivity index (χ2v) is 8.79. The zero-order valence-corrected chi connectivity index (χ0v) is 14.5. The molecular formula is C15H35NOSi. The van der Waals surface area contributed by atoms with Crippen molar-refractivity contribution in [2.75, 3.05) is 0 Å². The first-order valence-corrected chi connectivity index (χ1v) is 9.99. The smallest absolute Gasteiger partial charge is 0.177 e. The predicted molar refractivity (Wildman–Crippen MR) is 84.6 cm³/mol. The van der Waals surface area contributed by atoms with E-state index >= 15 is 0 Å². The summed E-state index contributed by atoms with van der Waals surface area (Å²) in [5.41, 5.74) is 6.05. The van der Waals surface area contributed by atoms with E-state index in [2.05, 4.69) is 34.6 Å². The van der Waals surface area contributed by atoms with Gasteiger partial charge in [0.05, 0.1) is 5.60 Å². The van der Waals surface area contributed by atoms with Crippen molar-refractivity contribution in [2.45, 2.75) is 96.9 Å². The molecule has 0 aliphatic heterocycles. The third-order valence-corrected chi connectivity index (χ3v) is 6.60. The minimum absolute atomic E-state index is 0.0200. The summed E-state index contributed by atoms with van der Waals surface area (Å²) in [4.78, 5) is 0. The van der Waals surface area contributed by atoms with E-state index in [1.807, 2.05) is 0 Å². The molecule has 3 heteroatoms. The van der Waals surface area contributed by atoms with Crippen molar-refractivity contribution >= 4 is 9.04 Å². The molecule has 110 valence electrons. The lowest BCUT2D eigenvalue weighted by Gasteiger charge is -2.33. The average molecular weight is 274 g/mol. The maximum atomic E-state index is 6.47. The highest BCUT2D eigenvalue weighted by atomic mass is 28.3. The van der Waals surface area contributed by atoms with E-state index in [-0.39, 0.29) is 11.6 Å². The van der Waals surface area contributed by atoms with Gasteiger partial charge in [0.25, 0.3) is 0 Å². The van der Waals surface area contributed by atoms with Crippen molar-refractivity contribution < 1.29 is 4.43 Å². The first-order valence-electron chi connectivity index (χ1n) is 7.88. The Morgan fingerprint density at radius 3 is 1.94 bits per heavy atom. The minimum Gasteiger partial charge on any atom is -0.415 e. The fraction of sp³-hybridized carbons (Fsp3) is 1.00. The van der Waals surface area contributed by atoms with Gasteiger partial charge in [-0.3, -0.25) is 0 Å². The summed E-state index contributed by atoms with van der Waals surface area (Å²) < 4.78 is 6.47. The highest BCUT2D eigenvalue weighted by Gasteiger charge is 2.25. The number of hydrogen-bond acceptors (Lipinski definition) is 2. The normalized spacial score (nSPS) is 14.2. The molecule has 0 heterocycles. The Balaban J connectivity index is 4.24. The molecule has 1 atom stereocenters. The lowest BCUT2D eigenvalue weighted by atomic mass is 9.98. The minimum atomic E-state index is -1.02. The fourth-order valence-electron chi connectivity index (χ4n) is 2.40. The second-order valence-electron chi connectivity index (χ2n) is 6.16. The molecule has 0 fully saturated rings. The summed E-state index contributed by atoms with van der Waals surface area (Å²) >= 11 is 0. The third-order valence-electron chi connectivity index (χ3n) is 3.52. The Morgan fingerprint density at radius 2 is 1.56 bits per heavy atom. The van der Waals surface area contributed by atoms with E-state index in [9.17, 15) is 0 Å². The van der Waals surface area contributed by atoms with Crippen molar-refractivity contribution in [1.82, 2.24) is 0 Å². The summed E-state index contributed by atoms with van der Waals surface area (Å²) in [7, 11) is -1.02. The Morgan fingerprint density at radius 1 is 1.06 bits per heavy atom.